The van der Waals surface area contributed by atoms with Crippen molar-refractivity contribution in [3.63, 3.8) is 0 Å². The zero-order chi connectivity index (χ0) is 10.8. The minimum absolute atomic E-state index is 0.0329. The van der Waals surface area contributed by atoms with Gasteiger partial charge < -0.3 is 5.11 Å². The van der Waals surface area contributed by atoms with Crippen LogP contribution < -0.4 is 0 Å². The molecule has 0 fully saturated rings. The predicted molar refractivity (Wildman–Crippen MR) is 61.1 cm³/mol. The van der Waals surface area contributed by atoms with Gasteiger partial charge in [-0.15, -0.1) is 0 Å². The molecule has 1 nitrogen and oxygen atoms in total. The first-order chi connectivity index (χ1) is 6.52. The minimum atomic E-state index is -0.0329. The lowest BCUT2D eigenvalue weighted by Gasteiger charge is -2.37. The van der Waals surface area contributed by atoms with E-state index in [9.17, 15) is 5.11 Å². The SMILES string of the molecule is CC1=C(C(C)(CO)C(C)C)CCC=C1. The average molecular weight is 194 g/mol. The van der Waals surface area contributed by atoms with Gasteiger partial charge in [0.1, 0.15) is 0 Å². The zero-order valence-corrected chi connectivity index (χ0v) is 9.80. The topological polar surface area (TPSA) is 20.2 Å². The number of allylic oxidation sites excluding steroid dienone is 3. The van der Waals surface area contributed by atoms with Crippen LogP contribution in [0.5, 0.6) is 0 Å². The van der Waals surface area contributed by atoms with Crippen LogP contribution in [0.15, 0.2) is 23.3 Å². The van der Waals surface area contributed by atoms with Gasteiger partial charge in [0.15, 0.2) is 0 Å². The first-order valence-corrected chi connectivity index (χ1v) is 5.50. The van der Waals surface area contributed by atoms with E-state index in [1.54, 1.807) is 0 Å². The molecule has 0 spiro atoms. The Hall–Kier alpha value is -0.560. The van der Waals surface area contributed by atoms with Crippen LogP contribution >= 0.6 is 0 Å². The summed E-state index contributed by atoms with van der Waals surface area (Å²) >= 11 is 0. The summed E-state index contributed by atoms with van der Waals surface area (Å²) in [7, 11) is 0. The molecular formula is C13H22O. The molecule has 0 saturated heterocycles. The van der Waals surface area contributed by atoms with Gasteiger partial charge in [-0.3, -0.25) is 0 Å². The highest BCUT2D eigenvalue weighted by Crippen LogP contribution is 2.40. The van der Waals surface area contributed by atoms with E-state index in [0.717, 1.165) is 12.8 Å². The Bertz CT molecular complexity index is 260. The molecule has 1 heteroatoms. The first kappa shape index (κ1) is 11.5. The van der Waals surface area contributed by atoms with Crippen molar-refractivity contribution in [1.82, 2.24) is 0 Å². The summed E-state index contributed by atoms with van der Waals surface area (Å²) < 4.78 is 0. The lowest BCUT2D eigenvalue weighted by atomic mass is 9.69. The van der Waals surface area contributed by atoms with E-state index < -0.39 is 0 Å². The maximum atomic E-state index is 9.57. The summed E-state index contributed by atoms with van der Waals surface area (Å²) in [6.07, 6.45) is 6.64. The van der Waals surface area contributed by atoms with Gasteiger partial charge in [0, 0.05) is 5.41 Å². The molecule has 0 aromatic heterocycles. The van der Waals surface area contributed by atoms with E-state index in [2.05, 4.69) is 39.8 Å². The van der Waals surface area contributed by atoms with Gasteiger partial charge in [0.2, 0.25) is 0 Å². The molecule has 1 unspecified atom stereocenters. The maximum absolute atomic E-state index is 9.57. The molecular weight excluding hydrogens is 172 g/mol. The van der Waals surface area contributed by atoms with Crippen LogP contribution in [0.4, 0.5) is 0 Å². The molecule has 1 aliphatic carbocycles. The summed E-state index contributed by atoms with van der Waals surface area (Å²) in [5.41, 5.74) is 2.76. The summed E-state index contributed by atoms with van der Waals surface area (Å²) in [6.45, 7) is 8.96. The fourth-order valence-electron chi connectivity index (χ4n) is 2.15. The molecule has 14 heavy (non-hydrogen) atoms. The molecule has 1 rings (SSSR count). The van der Waals surface area contributed by atoms with Gasteiger partial charge >= 0.3 is 0 Å². The van der Waals surface area contributed by atoms with Gasteiger partial charge in [0.25, 0.3) is 0 Å². The number of aliphatic hydroxyl groups excluding tert-OH is 1. The van der Waals surface area contributed by atoms with Gasteiger partial charge in [-0.2, -0.15) is 0 Å². The highest BCUT2D eigenvalue weighted by molar-refractivity contribution is 5.32. The van der Waals surface area contributed by atoms with Crippen LogP contribution in [0.25, 0.3) is 0 Å². The van der Waals surface area contributed by atoms with Gasteiger partial charge in [-0.05, 0) is 25.7 Å². The Morgan fingerprint density at radius 1 is 1.50 bits per heavy atom. The van der Waals surface area contributed by atoms with Crippen molar-refractivity contribution in [2.24, 2.45) is 11.3 Å². The fraction of sp³-hybridized carbons (Fsp3) is 0.692. The molecule has 1 aliphatic rings. The molecule has 1 atom stereocenters. The Balaban J connectivity index is 3.05. The Kier molecular flexibility index (Phi) is 3.54. The van der Waals surface area contributed by atoms with Gasteiger partial charge in [0.05, 0.1) is 6.61 Å². The molecule has 0 aromatic carbocycles. The zero-order valence-electron chi connectivity index (χ0n) is 9.80. The van der Waals surface area contributed by atoms with Crippen LogP contribution in [0.1, 0.15) is 40.5 Å². The number of hydrogen-bond donors (Lipinski definition) is 1. The van der Waals surface area contributed by atoms with E-state index >= 15 is 0 Å². The van der Waals surface area contributed by atoms with E-state index in [0.29, 0.717) is 5.92 Å². The molecule has 0 heterocycles. The molecule has 1 N–H and O–H groups in total. The highest BCUT2D eigenvalue weighted by Gasteiger charge is 2.32. The van der Waals surface area contributed by atoms with Crippen LogP contribution in [0, 0.1) is 11.3 Å². The summed E-state index contributed by atoms with van der Waals surface area (Å²) in [5, 5.41) is 9.57. The van der Waals surface area contributed by atoms with Crippen molar-refractivity contribution < 1.29 is 5.11 Å². The highest BCUT2D eigenvalue weighted by atomic mass is 16.3. The second kappa shape index (κ2) is 4.31. The summed E-state index contributed by atoms with van der Waals surface area (Å²) in [6, 6.07) is 0. The molecule has 0 radical (unpaired) electrons. The number of aliphatic hydroxyl groups is 1. The van der Waals surface area contributed by atoms with Crippen molar-refractivity contribution in [2.45, 2.75) is 40.5 Å². The monoisotopic (exact) mass is 194 g/mol. The normalized spacial score (nSPS) is 21.6. The van der Waals surface area contributed by atoms with E-state index in [-0.39, 0.29) is 12.0 Å². The van der Waals surface area contributed by atoms with E-state index in [1.807, 2.05) is 0 Å². The van der Waals surface area contributed by atoms with Crippen LogP contribution in [0.3, 0.4) is 0 Å². The van der Waals surface area contributed by atoms with Crippen molar-refractivity contribution in [3.05, 3.63) is 23.3 Å². The number of hydrogen-bond acceptors (Lipinski definition) is 1. The van der Waals surface area contributed by atoms with E-state index in [1.165, 1.54) is 11.1 Å². The summed E-state index contributed by atoms with van der Waals surface area (Å²) in [4.78, 5) is 0. The maximum Gasteiger partial charge on any atom is 0.0524 e. The van der Waals surface area contributed by atoms with Gasteiger partial charge in [-0.1, -0.05) is 44.1 Å². The lowest BCUT2D eigenvalue weighted by Crippen LogP contribution is -2.31. The lowest BCUT2D eigenvalue weighted by molar-refractivity contribution is 0.125. The first-order valence-electron chi connectivity index (χ1n) is 5.50. The van der Waals surface area contributed by atoms with Crippen LogP contribution in [-0.2, 0) is 0 Å². The third-order valence-corrected chi connectivity index (χ3v) is 3.70. The smallest absolute Gasteiger partial charge is 0.0524 e. The molecule has 0 bridgehead atoms. The molecule has 80 valence electrons. The molecule has 0 aromatic rings. The van der Waals surface area contributed by atoms with Crippen LogP contribution in [-0.4, -0.2) is 11.7 Å². The largest absolute Gasteiger partial charge is 0.395 e. The van der Waals surface area contributed by atoms with Crippen molar-refractivity contribution in [3.8, 4) is 0 Å². The average Bonchev–Trinajstić information content (AvgIpc) is 2.17. The van der Waals surface area contributed by atoms with Crippen molar-refractivity contribution in [1.29, 1.82) is 0 Å². The van der Waals surface area contributed by atoms with Crippen molar-refractivity contribution >= 4 is 0 Å². The predicted octanol–water partition coefficient (Wildman–Crippen LogP) is 3.31. The summed E-state index contributed by atoms with van der Waals surface area (Å²) in [5.74, 6) is 0.490. The third kappa shape index (κ3) is 1.93. The molecule has 0 amide bonds. The minimum Gasteiger partial charge on any atom is -0.395 e. The third-order valence-electron chi connectivity index (χ3n) is 3.70. The Morgan fingerprint density at radius 2 is 2.14 bits per heavy atom. The number of rotatable bonds is 3. The quantitative estimate of drug-likeness (QED) is 0.731. The van der Waals surface area contributed by atoms with E-state index in [4.69, 9.17) is 0 Å². The van der Waals surface area contributed by atoms with Crippen LogP contribution in [0.2, 0.25) is 0 Å². The molecule has 0 aliphatic heterocycles. The Morgan fingerprint density at radius 3 is 2.57 bits per heavy atom. The second-order valence-corrected chi connectivity index (χ2v) is 4.83. The fourth-order valence-corrected chi connectivity index (χ4v) is 2.15. The Labute approximate surface area is 87.5 Å². The van der Waals surface area contributed by atoms with Crippen molar-refractivity contribution in [2.75, 3.05) is 6.61 Å². The second-order valence-electron chi connectivity index (χ2n) is 4.83. The van der Waals surface area contributed by atoms with Gasteiger partial charge in [-0.25, -0.2) is 0 Å². The standard InChI is InChI=1S/C13H22O/c1-10(2)13(4,9-14)12-8-6-5-7-11(12)3/h5,7,10,14H,6,8-9H2,1-4H3. The molecule has 0 saturated carbocycles.